The highest BCUT2D eigenvalue weighted by atomic mass is 32.1. The summed E-state index contributed by atoms with van der Waals surface area (Å²) < 4.78 is 4.82. The number of nitrogens with zero attached hydrogens (tertiary/aromatic N) is 2. The van der Waals surface area contributed by atoms with Gasteiger partial charge in [0.25, 0.3) is 0 Å². The number of aryl methyl sites for hydroxylation is 2. The largest absolute Gasteiger partial charge is 0.451 e. The molecule has 1 amide bonds. The molecule has 2 aromatic rings. The molecule has 0 unspecified atom stereocenters. The topological polar surface area (TPSA) is 68.0 Å². The van der Waals surface area contributed by atoms with Crippen molar-refractivity contribution in [1.29, 1.82) is 0 Å². The Bertz CT molecular complexity index is 464. The van der Waals surface area contributed by atoms with Crippen LogP contribution in [0.5, 0.6) is 0 Å². The van der Waals surface area contributed by atoms with Gasteiger partial charge in [0.15, 0.2) is 11.5 Å². The number of aromatic nitrogens is 2. The molecule has 2 rings (SSSR count). The Morgan fingerprint density at radius 2 is 2.50 bits per heavy atom. The van der Waals surface area contributed by atoms with Gasteiger partial charge in [-0.25, -0.2) is 9.97 Å². The molecule has 0 fully saturated rings. The molecule has 0 aliphatic heterocycles. The summed E-state index contributed by atoms with van der Waals surface area (Å²) >= 11 is 1.42. The van der Waals surface area contributed by atoms with E-state index in [1.807, 2.05) is 12.3 Å². The summed E-state index contributed by atoms with van der Waals surface area (Å²) in [6, 6.07) is 0. The number of anilines is 1. The average molecular weight is 237 g/mol. The van der Waals surface area contributed by atoms with E-state index in [0.29, 0.717) is 18.0 Å². The summed E-state index contributed by atoms with van der Waals surface area (Å²) in [5.41, 5.74) is 1.70. The zero-order chi connectivity index (χ0) is 11.4. The number of carbonyl (C=O) groups is 1. The number of rotatable bonds is 4. The molecule has 2 heterocycles. The number of carbonyl (C=O) groups excluding carboxylic acids is 1. The summed E-state index contributed by atoms with van der Waals surface area (Å²) in [4.78, 5) is 19.6. The van der Waals surface area contributed by atoms with Crippen molar-refractivity contribution in [3.05, 3.63) is 29.4 Å². The van der Waals surface area contributed by atoms with Crippen molar-refractivity contribution in [1.82, 2.24) is 9.97 Å². The lowest BCUT2D eigenvalue weighted by atomic mass is 10.2. The first-order valence-corrected chi connectivity index (χ1v) is 5.71. The van der Waals surface area contributed by atoms with Crippen LogP contribution in [0, 0.1) is 6.92 Å². The molecule has 1 N–H and O–H groups in total. The molecule has 0 aliphatic carbocycles. The standard InChI is InChI=1S/C10H11N3O2S/c1-7-5-16-10(12-7)13-9(14)3-2-8-4-15-6-11-8/h4-6H,2-3H2,1H3,(H,12,13,14). The SMILES string of the molecule is Cc1csc(NC(=O)CCc2cocn2)n1. The van der Waals surface area contributed by atoms with E-state index in [-0.39, 0.29) is 5.91 Å². The van der Waals surface area contributed by atoms with E-state index in [9.17, 15) is 4.79 Å². The summed E-state index contributed by atoms with van der Waals surface area (Å²) in [6.45, 7) is 1.89. The summed E-state index contributed by atoms with van der Waals surface area (Å²) in [5.74, 6) is -0.0580. The summed E-state index contributed by atoms with van der Waals surface area (Å²) in [6.07, 6.45) is 3.86. The minimum absolute atomic E-state index is 0.0580. The lowest BCUT2D eigenvalue weighted by Crippen LogP contribution is -2.12. The molecular formula is C10H11N3O2S. The first-order valence-electron chi connectivity index (χ1n) is 4.83. The number of thiazole rings is 1. The molecule has 0 bridgehead atoms. The molecule has 0 spiro atoms. The van der Waals surface area contributed by atoms with Crippen LogP contribution in [-0.2, 0) is 11.2 Å². The van der Waals surface area contributed by atoms with Gasteiger partial charge in [0.2, 0.25) is 5.91 Å². The minimum Gasteiger partial charge on any atom is -0.451 e. The van der Waals surface area contributed by atoms with Gasteiger partial charge in [-0.15, -0.1) is 11.3 Å². The maximum Gasteiger partial charge on any atom is 0.226 e. The molecule has 0 radical (unpaired) electrons. The monoisotopic (exact) mass is 237 g/mol. The molecule has 0 saturated heterocycles. The first kappa shape index (κ1) is 10.8. The van der Waals surface area contributed by atoms with E-state index in [4.69, 9.17) is 4.42 Å². The lowest BCUT2D eigenvalue weighted by Gasteiger charge is -1.99. The van der Waals surface area contributed by atoms with Crippen LogP contribution in [0.1, 0.15) is 17.8 Å². The number of amides is 1. The molecule has 6 heteroatoms. The highest BCUT2D eigenvalue weighted by molar-refractivity contribution is 7.13. The Labute approximate surface area is 96.5 Å². The van der Waals surface area contributed by atoms with Crippen LogP contribution in [0.3, 0.4) is 0 Å². The third-order valence-corrected chi connectivity index (χ3v) is 2.83. The zero-order valence-corrected chi connectivity index (χ0v) is 9.58. The van der Waals surface area contributed by atoms with E-state index in [2.05, 4.69) is 15.3 Å². The van der Waals surface area contributed by atoms with Crippen molar-refractivity contribution >= 4 is 22.4 Å². The quantitative estimate of drug-likeness (QED) is 0.883. The smallest absolute Gasteiger partial charge is 0.226 e. The summed E-state index contributed by atoms with van der Waals surface area (Å²) in [5, 5.41) is 5.27. The molecule has 84 valence electrons. The fourth-order valence-electron chi connectivity index (χ4n) is 1.20. The molecule has 2 aromatic heterocycles. The number of oxazole rings is 1. The van der Waals surface area contributed by atoms with Crippen LogP contribution >= 0.6 is 11.3 Å². The molecule has 0 saturated carbocycles. The Balaban J connectivity index is 1.81. The van der Waals surface area contributed by atoms with E-state index in [0.717, 1.165) is 11.4 Å². The fourth-order valence-corrected chi connectivity index (χ4v) is 1.90. The van der Waals surface area contributed by atoms with Gasteiger partial charge in [0.05, 0.1) is 11.4 Å². The van der Waals surface area contributed by atoms with Gasteiger partial charge in [-0.05, 0) is 6.92 Å². The number of hydrogen-bond donors (Lipinski definition) is 1. The van der Waals surface area contributed by atoms with Crippen LogP contribution in [0.2, 0.25) is 0 Å². The Morgan fingerprint density at radius 1 is 1.62 bits per heavy atom. The molecule has 5 nitrogen and oxygen atoms in total. The zero-order valence-electron chi connectivity index (χ0n) is 8.77. The van der Waals surface area contributed by atoms with Crippen LogP contribution in [0.4, 0.5) is 5.13 Å². The van der Waals surface area contributed by atoms with E-state index in [1.54, 1.807) is 6.26 Å². The maximum absolute atomic E-state index is 11.5. The second kappa shape index (κ2) is 4.89. The van der Waals surface area contributed by atoms with Crippen molar-refractivity contribution in [2.75, 3.05) is 5.32 Å². The van der Waals surface area contributed by atoms with Crippen LogP contribution in [-0.4, -0.2) is 15.9 Å². The lowest BCUT2D eigenvalue weighted by molar-refractivity contribution is -0.116. The Kier molecular flexibility index (Phi) is 3.31. The summed E-state index contributed by atoms with van der Waals surface area (Å²) in [7, 11) is 0. The van der Waals surface area contributed by atoms with E-state index >= 15 is 0 Å². The van der Waals surface area contributed by atoms with E-state index < -0.39 is 0 Å². The Morgan fingerprint density at radius 3 is 3.12 bits per heavy atom. The van der Waals surface area contributed by atoms with Gasteiger partial charge in [0, 0.05) is 18.2 Å². The average Bonchev–Trinajstić information content (AvgIpc) is 2.87. The fraction of sp³-hybridized carbons (Fsp3) is 0.300. The van der Waals surface area contributed by atoms with Gasteiger partial charge in [-0.3, -0.25) is 4.79 Å². The second-order valence-electron chi connectivity index (χ2n) is 3.32. The second-order valence-corrected chi connectivity index (χ2v) is 4.18. The first-order chi connectivity index (χ1) is 7.74. The third-order valence-electron chi connectivity index (χ3n) is 1.96. The van der Waals surface area contributed by atoms with Gasteiger partial charge in [-0.2, -0.15) is 0 Å². The van der Waals surface area contributed by atoms with Crippen molar-refractivity contribution in [3.8, 4) is 0 Å². The van der Waals surface area contributed by atoms with Crippen molar-refractivity contribution < 1.29 is 9.21 Å². The number of nitrogens with one attached hydrogen (secondary N) is 1. The minimum atomic E-state index is -0.0580. The van der Waals surface area contributed by atoms with Gasteiger partial charge < -0.3 is 9.73 Å². The predicted octanol–water partition coefficient (Wildman–Crippen LogP) is 2.01. The van der Waals surface area contributed by atoms with Gasteiger partial charge in [-0.1, -0.05) is 0 Å². The third kappa shape index (κ3) is 2.90. The maximum atomic E-state index is 11.5. The normalized spacial score (nSPS) is 10.3. The molecule has 0 aliphatic rings. The number of hydrogen-bond acceptors (Lipinski definition) is 5. The van der Waals surface area contributed by atoms with Gasteiger partial charge >= 0.3 is 0 Å². The highest BCUT2D eigenvalue weighted by Gasteiger charge is 2.06. The van der Waals surface area contributed by atoms with E-state index in [1.165, 1.54) is 17.7 Å². The predicted molar refractivity (Wildman–Crippen MR) is 60.3 cm³/mol. The highest BCUT2D eigenvalue weighted by Crippen LogP contribution is 2.14. The van der Waals surface area contributed by atoms with Gasteiger partial charge in [0.1, 0.15) is 6.26 Å². The van der Waals surface area contributed by atoms with Crippen LogP contribution in [0.25, 0.3) is 0 Å². The van der Waals surface area contributed by atoms with Crippen molar-refractivity contribution in [3.63, 3.8) is 0 Å². The molecular weight excluding hydrogens is 226 g/mol. The molecule has 0 atom stereocenters. The van der Waals surface area contributed by atoms with Crippen LogP contribution in [0.15, 0.2) is 22.5 Å². The van der Waals surface area contributed by atoms with Crippen molar-refractivity contribution in [2.24, 2.45) is 0 Å². The Hall–Kier alpha value is -1.69. The van der Waals surface area contributed by atoms with Crippen LogP contribution < -0.4 is 5.32 Å². The molecule has 16 heavy (non-hydrogen) atoms. The van der Waals surface area contributed by atoms with Crippen molar-refractivity contribution in [2.45, 2.75) is 19.8 Å². The molecule has 0 aromatic carbocycles.